The third-order valence-electron chi connectivity index (χ3n) is 3.94. The van der Waals surface area contributed by atoms with Crippen LogP contribution < -0.4 is 5.32 Å². The van der Waals surface area contributed by atoms with Crippen LogP contribution in [-0.2, 0) is 0 Å². The van der Waals surface area contributed by atoms with E-state index in [-0.39, 0.29) is 0 Å². The fraction of sp³-hybridized carbons (Fsp3) is 0.500. The summed E-state index contributed by atoms with van der Waals surface area (Å²) in [6, 6.07) is 11.1. The quantitative estimate of drug-likeness (QED) is 0.788. The topological polar surface area (TPSA) is 24.9 Å². The Labute approximate surface area is 122 Å². The molecule has 0 amide bonds. The van der Waals surface area contributed by atoms with Crippen LogP contribution in [0, 0.1) is 5.92 Å². The number of hydrogen-bond acceptors (Lipinski definition) is 2. The Kier molecular flexibility index (Phi) is 5.54. The molecule has 0 spiro atoms. The fourth-order valence-electron chi connectivity index (χ4n) is 2.94. The Balaban J connectivity index is 2.39. The summed E-state index contributed by atoms with van der Waals surface area (Å²) in [4.78, 5) is 4.48. The van der Waals surface area contributed by atoms with Gasteiger partial charge in [-0.05, 0) is 43.0 Å². The highest BCUT2D eigenvalue weighted by atomic mass is 14.9. The molecule has 2 rings (SSSR count). The van der Waals surface area contributed by atoms with Crippen LogP contribution in [0.3, 0.4) is 0 Å². The number of pyridine rings is 1. The van der Waals surface area contributed by atoms with Crippen LogP contribution in [0.15, 0.2) is 36.5 Å². The summed E-state index contributed by atoms with van der Waals surface area (Å²) in [6.45, 7) is 7.90. The zero-order chi connectivity index (χ0) is 14.4. The molecule has 108 valence electrons. The van der Waals surface area contributed by atoms with Crippen molar-refractivity contribution in [2.24, 2.45) is 5.92 Å². The van der Waals surface area contributed by atoms with E-state index in [1.807, 2.05) is 12.3 Å². The lowest BCUT2D eigenvalue weighted by molar-refractivity contribution is 0.365. The van der Waals surface area contributed by atoms with E-state index in [2.05, 4.69) is 55.3 Å². The van der Waals surface area contributed by atoms with Crippen LogP contribution in [0.1, 0.15) is 51.6 Å². The van der Waals surface area contributed by atoms with Gasteiger partial charge >= 0.3 is 0 Å². The molecule has 20 heavy (non-hydrogen) atoms. The maximum atomic E-state index is 4.48. The van der Waals surface area contributed by atoms with Gasteiger partial charge in [0.05, 0.1) is 5.52 Å². The minimum Gasteiger partial charge on any atom is -0.310 e. The molecular weight excluding hydrogens is 244 g/mol. The van der Waals surface area contributed by atoms with Gasteiger partial charge in [0.2, 0.25) is 0 Å². The summed E-state index contributed by atoms with van der Waals surface area (Å²) in [5.41, 5.74) is 2.49. The molecule has 2 unspecified atom stereocenters. The third kappa shape index (κ3) is 3.37. The molecule has 1 heterocycles. The maximum Gasteiger partial charge on any atom is 0.0705 e. The van der Waals surface area contributed by atoms with E-state index in [4.69, 9.17) is 0 Å². The van der Waals surface area contributed by atoms with Crippen LogP contribution in [0.5, 0.6) is 0 Å². The maximum absolute atomic E-state index is 4.48. The number of nitrogens with one attached hydrogen (secondary N) is 1. The van der Waals surface area contributed by atoms with Crippen LogP contribution in [-0.4, -0.2) is 11.5 Å². The summed E-state index contributed by atoms with van der Waals surface area (Å²) < 4.78 is 0. The van der Waals surface area contributed by atoms with E-state index in [9.17, 15) is 0 Å². The Morgan fingerprint density at radius 1 is 1.10 bits per heavy atom. The van der Waals surface area contributed by atoms with E-state index >= 15 is 0 Å². The Hall–Kier alpha value is -1.41. The Morgan fingerprint density at radius 2 is 1.95 bits per heavy atom. The zero-order valence-corrected chi connectivity index (χ0v) is 12.9. The van der Waals surface area contributed by atoms with Crippen molar-refractivity contribution in [3.05, 3.63) is 42.1 Å². The molecule has 0 bridgehead atoms. The SMILES string of the molecule is CCCNC(c1cccc2ncccc12)C(C)CCC. The van der Waals surface area contributed by atoms with Crippen molar-refractivity contribution in [1.29, 1.82) is 0 Å². The molecule has 2 aromatic rings. The van der Waals surface area contributed by atoms with Gasteiger partial charge in [0.1, 0.15) is 0 Å². The largest absolute Gasteiger partial charge is 0.310 e. The second-order valence-corrected chi connectivity index (χ2v) is 5.62. The van der Waals surface area contributed by atoms with Crippen molar-refractivity contribution >= 4 is 10.9 Å². The number of fused-ring (bicyclic) bond motifs is 1. The smallest absolute Gasteiger partial charge is 0.0705 e. The van der Waals surface area contributed by atoms with Crippen LogP contribution in [0.4, 0.5) is 0 Å². The van der Waals surface area contributed by atoms with Crippen molar-refractivity contribution in [3.8, 4) is 0 Å². The molecule has 0 aliphatic rings. The van der Waals surface area contributed by atoms with E-state index in [1.165, 1.54) is 30.2 Å². The first-order valence-corrected chi connectivity index (χ1v) is 7.85. The monoisotopic (exact) mass is 270 g/mol. The summed E-state index contributed by atoms with van der Waals surface area (Å²) >= 11 is 0. The predicted octanol–water partition coefficient (Wildman–Crippen LogP) is 4.71. The molecule has 1 N–H and O–H groups in total. The van der Waals surface area contributed by atoms with Gasteiger partial charge in [0, 0.05) is 17.6 Å². The second-order valence-electron chi connectivity index (χ2n) is 5.62. The summed E-state index contributed by atoms with van der Waals surface area (Å²) in [6.07, 6.45) is 5.51. The molecular formula is C18H26N2. The highest BCUT2D eigenvalue weighted by molar-refractivity contribution is 5.82. The van der Waals surface area contributed by atoms with Gasteiger partial charge in [-0.25, -0.2) is 0 Å². The lowest BCUT2D eigenvalue weighted by atomic mass is 9.89. The highest BCUT2D eigenvalue weighted by Gasteiger charge is 2.19. The lowest BCUT2D eigenvalue weighted by Crippen LogP contribution is -2.28. The lowest BCUT2D eigenvalue weighted by Gasteiger charge is -2.26. The minimum absolute atomic E-state index is 0.419. The molecule has 0 aliphatic carbocycles. The Bertz CT molecular complexity index is 530. The van der Waals surface area contributed by atoms with Gasteiger partial charge in [-0.3, -0.25) is 4.98 Å². The van der Waals surface area contributed by atoms with E-state index < -0.39 is 0 Å². The van der Waals surface area contributed by atoms with Gasteiger partial charge in [-0.1, -0.05) is 45.4 Å². The minimum atomic E-state index is 0.419. The fourth-order valence-corrected chi connectivity index (χ4v) is 2.94. The number of benzene rings is 1. The van der Waals surface area contributed by atoms with E-state index in [0.29, 0.717) is 12.0 Å². The molecule has 1 aromatic carbocycles. The first-order chi connectivity index (χ1) is 9.77. The number of rotatable bonds is 7. The first-order valence-electron chi connectivity index (χ1n) is 7.85. The van der Waals surface area contributed by atoms with Gasteiger partial charge in [-0.15, -0.1) is 0 Å². The van der Waals surface area contributed by atoms with Gasteiger partial charge in [0.15, 0.2) is 0 Å². The van der Waals surface area contributed by atoms with E-state index in [0.717, 1.165) is 12.1 Å². The molecule has 0 aliphatic heterocycles. The van der Waals surface area contributed by atoms with Gasteiger partial charge in [0.25, 0.3) is 0 Å². The predicted molar refractivity (Wildman–Crippen MR) is 86.8 cm³/mol. The van der Waals surface area contributed by atoms with E-state index in [1.54, 1.807) is 0 Å². The first kappa shape index (κ1) is 15.0. The molecule has 0 saturated carbocycles. The number of hydrogen-bond donors (Lipinski definition) is 1. The molecule has 2 nitrogen and oxygen atoms in total. The highest BCUT2D eigenvalue weighted by Crippen LogP contribution is 2.30. The zero-order valence-electron chi connectivity index (χ0n) is 12.9. The van der Waals surface area contributed by atoms with Gasteiger partial charge < -0.3 is 5.32 Å². The van der Waals surface area contributed by atoms with Crippen molar-refractivity contribution < 1.29 is 0 Å². The molecule has 0 saturated heterocycles. The van der Waals surface area contributed by atoms with Crippen molar-refractivity contribution in [3.63, 3.8) is 0 Å². The molecule has 1 aromatic heterocycles. The summed E-state index contributed by atoms with van der Waals surface area (Å²) in [5.74, 6) is 0.636. The number of nitrogens with zero attached hydrogens (tertiary/aromatic N) is 1. The molecule has 2 heteroatoms. The van der Waals surface area contributed by atoms with Gasteiger partial charge in [-0.2, -0.15) is 0 Å². The van der Waals surface area contributed by atoms with Crippen molar-refractivity contribution in [2.45, 2.75) is 46.1 Å². The molecule has 2 atom stereocenters. The van der Waals surface area contributed by atoms with Crippen LogP contribution in [0.2, 0.25) is 0 Å². The summed E-state index contributed by atoms with van der Waals surface area (Å²) in [5, 5.41) is 5.02. The standard InChI is InChI=1S/C18H26N2/c1-4-8-14(3)18(20-12-5-2)16-9-6-11-17-15(16)10-7-13-19-17/h6-7,9-11,13-14,18,20H,4-5,8,12H2,1-3H3. The second kappa shape index (κ2) is 7.39. The Morgan fingerprint density at radius 3 is 2.70 bits per heavy atom. The number of aromatic nitrogens is 1. The average molecular weight is 270 g/mol. The normalized spacial score (nSPS) is 14.3. The molecule has 0 radical (unpaired) electrons. The third-order valence-corrected chi connectivity index (χ3v) is 3.94. The summed E-state index contributed by atoms with van der Waals surface area (Å²) in [7, 11) is 0. The molecule has 0 fully saturated rings. The van der Waals surface area contributed by atoms with Crippen LogP contribution in [0.25, 0.3) is 10.9 Å². The van der Waals surface area contributed by atoms with Crippen molar-refractivity contribution in [1.82, 2.24) is 10.3 Å². The van der Waals surface area contributed by atoms with Crippen LogP contribution >= 0.6 is 0 Å². The average Bonchev–Trinajstić information content (AvgIpc) is 2.48. The van der Waals surface area contributed by atoms with Crippen molar-refractivity contribution in [2.75, 3.05) is 6.54 Å².